The average Bonchev–Trinajstić information content (AvgIpc) is 2.43. The number of hydrogen-bond donors (Lipinski definition) is 3. The van der Waals surface area contributed by atoms with Crippen LogP contribution < -0.4 is 15.8 Å². The van der Waals surface area contributed by atoms with E-state index >= 15 is 0 Å². The Labute approximate surface area is 117 Å². The summed E-state index contributed by atoms with van der Waals surface area (Å²) in [6.45, 7) is 1.81. The lowest BCUT2D eigenvalue weighted by molar-refractivity contribution is -0.119. The number of aliphatic hydroxyl groups is 1. The molecule has 6 heteroatoms. The Morgan fingerprint density at radius 1 is 1.35 bits per heavy atom. The van der Waals surface area contributed by atoms with Crippen LogP contribution in [0.1, 0.15) is 30.1 Å². The lowest BCUT2D eigenvalue weighted by Gasteiger charge is -2.13. The Hall–Kier alpha value is -2.08. The zero-order chi connectivity index (χ0) is 15.0. The molecule has 0 heterocycles. The van der Waals surface area contributed by atoms with Gasteiger partial charge in [0, 0.05) is 18.2 Å². The van der Waals surface area contributed by atoms with Gasteiger partial charge in [0.15, 0.2) is 6.61 Å². The number of primary amides is 1. The van der Waals surface area contributed by atoms with Crippen molar-refractivity contribution in [1.29, 1.82) is 0 Å². The first-order valence-electron chi connectivity index (χ1n) is 6.46. The molecule has 0 spiro atoms. The standard InChI is InChI=1S/C14H20N2O4/c1-10(3-2-8-17)16-14(19)11-4-6-12(7-5-11)20-9-13(15)18/h4-7,10,17H,2-3,8-9H2,1H3,(H2,15,18)(H,16,19). The number of aliphatic hydroxyl groups excluding tert-OH is 1. The third-order valence-electron chi connectivity index (χ3n) is 2.67. The summed E-state index contributed by atoms with van der Waals surface area (Å²) in [4.78, 5) is 22.5. The molecule has 110 valence electrons. The van der Waals surface area contributed by atoms with E-state index in [-0.39, 0.29) is 25.2 Å². The number of nitrogens with two attached hydrogens (primary N) is 1. The van der Waals surface area contributed by atoms with E-state index in [0.29, 0.717) is 17.7 Å². The molecule has 0 aliphatic rings. The molecule has 1 unspecified atom stereocenters. The van der Waals surface area contributed by atoms with E-state index in [1.54, 1.807) is 24.3 Å². The van der Waals surface area contributed by atoms with Gasteiger partial charge >= 0.3 is 0 Å². The molecule has 0 aromatic heterocycles. The molecule has 0 saturated heterocycles. The van der Waals surface area contributed by atoms with Crippen LogP contribution in [0.5, 0.6) is 5.75 Å². The van der Waals surface area contributed by atoms with Crippen molar-refractivity contribution >= 4 is 11.8 Å². The van der Waals surface area contributed by atoms with Crippen LogP contribution in [-0.4, -0.2) is 36.2 Å². The zero-order valence-corrected chi connectivity index (χ0v) is 11.5. The molecular formula is C14H20N2O4. The summed E-state index contributed by atoms with van der Waals surface area (Å²) in [6, 6.07) is 6.45. The number of carbonyl (C=O) groups excluding carboxylic acids is 2. The van der Waals surface area contributed by atoms with Crippen LogP contribution in [0.4, 0.5) is 0 Å². The second-order valence-electron chi connectivity index (χ2n) is 4.52. The first-order chi connectivity index (χ1) is 9.52. The molecule has 0 fully saturated rings. The third-order valence-corrected chi connectivity index (χ3v) is 2.67. The third kappa shape index (κ3) is 5.71. The molecule has 0 radical (unpaired) electrons. The summed E-state index contributed by atoms with van der Waals surface area (Å²) >= 11 is 0. The van der Waals surface area contributed by atoms with E-state index in [2.05, 4.69) is 5.32 Å². The van der Waals surface area contributed by atoms with Crippen LogP contribution in [0.3, 0.4) is 0 Å². The normalized spacial score (nSPS) is 11.7. The van der Waals surface area contributed by atoms with E-state index in [4.69, 9.17) is 15.6 Å². The number of carbonyl (C=O) groups is 2. The predicted octanol–water partition coefficient (Wildman–Crippen LogP) is 0.442. The Kier molecular flexibility index (Phi) is 6.52. The van der Waals surface area contributed by atoms with Gasteiger partial charge in [-0.2, -0.15) is 0 Å². The SMILES string of the molecule is CC(CCCO)NC(=O)c1ccc(OCC(N)=O)cc1. The van der Waals surface area contributed by atoms with Gasteiger partial charge in [-0.05, 0) is 44.0 Å². The monoisotopic (exact) mass is 280 g/mol. The fourth-order valence-electron chi connectivity index (χ4n) is 1.63. The molecule has 4 N–H and O–H groups in total. The molecule has 0 aliphatic heterocycles. The van der Waals surface area contributed by atoms with Crippen LogP contribution in [0.2, 0.25) is 0 Å². The Morgan fingerprint density at radius 3 is 2.55 bits per heavy atom. The molecule has 0 saturated carbocycles. The highest BCUT2D eigenvalue weighted by Gasteiger charge is 2.09. The number of rotatable bonds is 8. The van der Waals surface area contributed by atoms with E-state index < -0.39 is 5.91 Å². The topological polar surface area (TPSA) is 102 Å². The van der Waals surface area contributed by atoms with Crippen molar-refractivity contribution < 1.29 is 19.4 Å². The second-order valence-corrected chi connectivity index (χ2v) is 4.52. The summed E-state index contributed by atoms with van der Waals surface area (Å²) in [5, 5.41) is 11.6. The van der Waals surface area contributed by atoms with Crippen LogP contribution in [-0.2, 0) is 4.79 Å². The van der Waals surface area contributed by atoms with Crippen molar-refractivity contribution in [2.45, 2.75) is 25.8 Å². The lowest BCUT2D eigenvalue weighted by Crippen LogP contribution is -2.32. The van der Waals surface area contributed by atoms with Crippen LogP contribution in [0.15, 0.2) is 24.3 Å². The van der Waals surface area contributed by atoms with Gasteiger partial charge in [-0.3, -0.25) is 9.59 Å². The molecule has 1 atom stereocenters. The summed E-state index contributed by atoms with van der Waals surface area (Å²) in [5.41, 5.74) is 5.47. The smallest absolute Gasteiger partial charge is 0.255 e. The van der Waals surface area contributed by atoms with Gasteiger partial charge in [0.1, 0.15) is 5.75 Å². The Morgan fingerprint density at radius 2 is 2.00 bits per heavy atom. The Balaban J connectivity index is 2.50. The highest BCUT2D eigenvalue weighted by molar-refractivity contribution is 5.94. The summed E-state index contributed by atoms with van der Waals surface area (Å²) in [5.74, 6) is -0.255. The van der Waals surface area contributed by atoms with E-state index in [1.165, 1.54) is 0 Å². The van der Waals surface area contributed by atoms with Crippen LogP contribution in [0, 0.1) is 0 Å². The van der Waals surface area contributed by atoms with Gasteiger partial charge in [-0.15, -0.1) is 0 Å². The average molecular weight is 280 g/mol. The molecule has 1 rings (SSSR count). The molecule has 0 aliphatic carbocycles. The van der Waals surface area contributed by atoms with Crippen molar-refractivity contribution in [3.8, 4) is 5.75 Å². The molecule has 20 heavy (non-hydrogen) atoms. The van der Waals surface area contributed by atoms with Crippen molar-refractivity contribution in [3.05, 3.63) is 29.8 Å². The molecule has 1 aromatic rings. The van der Waals surface area contributed by atoms with E-state index in [9.17, 15) is 9.59 Å². The van der Waals surface area contributed by atoms with Gasteiger partial charge in [-0.25, -0.2) is 0 Å². The maximum absolute atomic E-state index is 11.9. The summed E-state index contributed by atoms with van der Waals surface area (Å²) < 4.78 is 5.10. The number of hydrogen-bond acceptors (Lipinski definition) is 4. The molecule has 0 bridgehead atoms. The molecule has 6 nitrogen and oxygen atoms in total. The predicted molar refractivity (Wildman–Crippen MR) is 74.4 cm³/mol. The maximum atomic E-state index is 11.9. The van der Waals surface area contributed by atoms with Crippen LogP contribution >= 0.6 is 0 Å². The van der Waals surface area contributed by atoms with Gasteiger partial charge < -0.3 is 20.9 Å². The molecule has 2 amide bonds. The first kappa shape index (κ1) is 16.0. The fraction of sp³-hybridized carbons (Fsp3) is 0.429. The van der Waals surface area contributed by atoms with Gasteiger partial charge in [0.2, 0.25) is 0 Å². The highest BCUT2D eigenvalue weighted by Crippen LogP contribution is 2.12. The number of ether oxygens (including phenoxy) is 1. The van der Waals surface area contributed by atoms with Crippen molar-refractivity contribution in [2.24, 2.45) is 5.73 Å². The molecular weight excluding hydrogens is 260 g/mol. The zero-order valence-electron chi connectivity index (χ0n) is 11.5. The highest BCUT2D eigenvalue weighted by atomic mass is 16.5. The maximum Gasteiger partial charge on any atom is 0.255 e. The molecule has 1 aromatic carbocycles. The number of benzene rings is 1. The van der Waals surface area contributed by atoms with Crippen molar-refractivity contribution in [2.75, 3.05) is 13.2 Å². The quantitative estimate of drug-likeness (QED) is 0.643. The van der Waals surface area contributed by atoms with Crippen molar-refractivity contribution in [1.82, 2.24) is 5.32 Å². The minimum Gasteiger partial charge on any atom is -0.484 e. The van der Waals surface area contributed by atoms with E-state index in [0.717, 1.165) is 6.42 Å². The van der Waals surface area contributed by atoms with E-state index in [1.807, 2.05) is 6.92 Å². The number of amides is 2. The largest absolute Gasteiger partial charge is 0.484 e. The van der Waals surface area contributed by atoms with Crippen molar-refractivity contribution in [3.63, 3.8) is 0 Å². The Bertz CT molecular complexity index is 445. The second kappa shape index (κ2) is 8.16. The summed E-state index contributed by atoms with van der Waals surface area (Å²) in [7, 11) is 0. The minimum atomic E-state index is -0.551. The van der Waals surface area contributed by atoms with Gasteiger partial charge in [-0.1, -0.05) is 0 Å². The fourth-order valence-corrected chi connectivity index (χ4v) is 1.63. The van der Waals surface area contributed by atoms with Gasteiger partial charge in [0.25, 0.3) is 11.8 Å². The number of nitrogens with one attached hydrogen (secondary N) is 1. The lowest BCUT2D eigenvalue weighted by atomic mass is 10.1. The van der Waals surface area contributed by atoms with Gasteiger partial charge in [0.05, 0.1) is 0 Å². The minimum absolute atomic E-state index is 0.000406. The van der Waals surface area contributed by atoms with Crippen LogP contribution in [0.25, 0.3) is 0 Å². The summed E-state index contributed by atoms with van der Waals surface area (Å²) in [6.07, 6.45) is 1.38. The first-order valence-corrected chi connectivity index (χ1v) is 6.46.